The van der Waals surface area contributed by atoms with E-state index in [1.165, 1.54) is 14.7 Å². The molecule has 1 N–H and O–H groups in total. The molecule has 0 aliphatic carbocycles. The number of rotatable bonds is 6. The summed E-state index contributed by atoms with van der Waals surface area (Å²) in [4.78, 5) is 0. The summed E-state index contributed by atoms with van der Waals surface area (Å²) >= 11 is 8.44. The first-order chi connectivity index (χ1) is 8.04. The molecular weight excluding hydrogens is 345 g/mol. The Morgan fingerprint density at radius 1 is 1.53 bits per heavy atom. The van der Waals surface area contributed by atoms with Gasteiger partial charge in [0.15, 0.2) is 0 Å². The molecule has 3 heteroatoms. The van der Waals surface area contributed by atoms with Crippen molar-refractivity contribution in [2.24, 2.45) is 0 Å². The van der Waals surface area contributed by atoms with Crippen molar-refractivity contribution in [3.05, 3.63) is 44.5 Å². The zero-order valence-electron chi connectivity index (χ0n) is 10.4. The Hall–Kier alpha value is -0.0600. The predicted molar refractivity (Wildman–Crippen MR) is 84.6 cm³/mol. The minimum Gasteiger partial charge on any atom is -0.310 e. The average molecular weight is 364 g/mol. The Balaban J connectivity index is 2.93. The molecule has 0 aromatic heterocycles. The number of hydrogen-bond donors (Lipinski definition) is 1. The molecule has 1 rings (SSSR count). The first kappa shape index (κ1) is 15.0. The van der Waals surface area contributed by atoms with Crippen molar-refractivity contribution in [3.63, 3.8) is 0 Å². The van der Waals surface area contributed by atoms with Gasteiger partial charge in [0.2, 0.25) is 0 Å². The van der Waals surface area contributed by atoms with Gasteiger partial charge in [0.1, 0.15) is 0 Å². The van der Waals surface area contributed by atoms with Crippen molar-refractivity contribution in [3.8, 4) is 0 Å². The monoisotopic (exact) mass is 363 g/mol. The molecule has 0 saturated carbocycles. The fourth-order valence-electron chi connectivity index (χ4n) is 1.74. The molecule has 17 heavy (non-hydrogen) atoms. The van der Waals surface area contributed by atoms with E-state index >= 15 is 0 Å². The van der Waals surface area contributed by atoms with Crippen molar-refractivity contribution in [1.29, 1.82) is 0 Å². The largest absolute Gasteiger partial charge is 0.310 e. The Bertz CT molecular complexity index is 390. The van der Waals surface area contributed by atoms with Crippen LogP contribution in [0.4, 0.5) is 0 Å². The van der Waals surface area contributed by atoms with Gasteiger partial charge in [-0.25, -0.2) is 0 Å². The van der Waals surface area contributed by atoms with E-state index in [0.29, 0.717) is 6.04 Å². The average Bonchev–Trinajstić information content (AvgIpc) is 2.27. The zero-order chi connectivity index (χ0) is 12.8. The number of hydrogen-bond acceptors (Lipinski definition) is 1. The van der Waals surface area contributed by atoms with Gasteiger partial charge in [-0.15, -0.1) is 6.58 Å². The third-order valence-corrected chi connectivity index (χ3v) is 3.74. The van der Waals surface area contributed by atoms with Crippen LogP contribution in [-0.2, 0) is 0 Å². The molecule has 1 aromatic rings. The molecule has 0 bridgehead atoms. The van der Waals surface area contributed by atoms with Crippen molar-refractivity contribution in [2.45, 2.75) is 32.7 Å². The van der Waals surface area contributed by atoms with Gasteiger partial charge in [0, 0.05) is 14.6 Å². The SMILES string of the molecule is C=C(C)CC(NCCC)c1cc(Cl)ccc1I. The molecule has 1 atom stereocenters. The summed E-state index contributed by atoms with van der Waals surface area (Å²) < 4.78 is 1.25. The number of benzene rings is 1. The summed E-state index contributed by atoms with van der Waals surface area (Å²) in [5.41, 5.74) is 2.46. The van der Waals surface area contributed by atoms with Crippen LogP contribution in [0, 0.1) is 3.57 Å². The highest BCUT2D eigenvalue weighted by Crippen LogP contribution is 2.27. The standard InChI is InChI=1S/C14H19ClIN/c1-4-7-17-14(8-10(2)3)12-9-11(15)5-6-13(12)16/h5-6,9,14,17H,2,4,7-8H2,1,3H3. The maximum Gasteiger partial charge on any atom is 0.0410 e. The number of nitrogens with one attached hydrogen (secondary N) is 1. The van der Waals surface area contributed by atoms with Crippen LogP contribution in [0.1, 0.15) is 38.3 Å². The van der Waals surface area contributed by atoms with E-state index in [1.54, 1.807) is 0 Å². The summed E-state index contributed by atoms with van der Waals surface area (Å²) in [7, 11) is 0. The summed E-state index contributed by atoms with van der Waals surface area (Å²) in [6.45, 7) is 9.26. The third kappa shape index (κ3) is 4.98. The first-order valence-electron chi connectivity index (χ1n) is 5.87. The minimum absolute atomic E-state index is 0.318. The fraction of sp³-hybridized carbons (Fsp3) is 0.429. The van der Waals surface area contributed by atoms with E-state index in [-0.39, 0.29) is 0 Å². The molecule has 0 radical (unpaired) electrons. The van der Waals surface area contributed by atoms with Gasteiger partial charge in [-0.05, 0) is 72.7 Å². The molecule has 0 saturated heterocycles. The van der Waals surface area contributed by atoms with Crippen LogP contribution in [0.2, 0.25) is 5.02 Å². The maximum atomic E-state index is 6.08. The van der Waals surface area contributed by atoms with Crippen LogP contribution in [0.15, 0.2) is 30.4 Å². The maximum absolute atomic E-state index is 6.08. The van der Waals surface area contributed by atoms with E-state index in [2.05, 4.69) is 60.5 Å². The molecule has 0 fully saturated rings. The predicted octanol–water partition coefficient (Wildman–Crippen LogP) is 4.95. The Kier molecular flexibility index (Phi) is 6.52. The van der Waals surface area contributed by atoms with Gasteiger partial charge in [0.05, 0.1) is 0 Å². The highest BCUT2D eigenvalue weighted by molar-refractivity contribution is 14.1. The van der Waals surface area contributed by atoms with Crippen LogP contribution in [0.5, 0.6) is 0 Å². The van der Waals surface area contributed by atoms with Crippen molar-refractivity contribution in [2.75, 3.05) is 6.54 Å². The summed E-state index contributed by atoms with van der Waals surface area (Å²) in [5, 5.41) is 4.36. The number of halogens is 2. The lowest BCUT2D eigenvalue weighted by Crippen LogP contribution is -2.23. The molecule has 0 aliphatic heterocycles. The van der Waals surface area contributed by atoms with E-state index in [0.717, 1.165) is 24.4 Å². The van der Waals surface area contributed by atoms with E-state index in [4.69, 9.17) is 11.6 Å². The van der Waals surface area contributed by atoms with E-state index < -0.39 is 0 Å². The smallest absolute Gasteiger partial charge is 0.0410 e. The minimum atomic E-state index is 0.318. The van der Waals surface area contributed by atoms with Crippen molar-refractivity contribution in [1.82, 2.24) is 5.32 Å². The highest BCUT2D eigenvalue weighted by atomic mass is 127. The molecule has 1 aromatic carbocycles. The second-order valence-corrected chi connectivity index (χ2v) is 5.93. The van der Waals surface area contributed by atoms with Gasteiger partial charge in [-0.1, -0.05) is 24.1 Å². The molecule has 0 amide bonds. The molecule has 0 spiro atoms. The first-order valence-corrected chi connectivity index (χ1v) is 7.33. The van der Waals surface area contributed by atoms with Gasteiger partial charge >= 0.3 is 0 Å². The molecule has 1 nitrogen and oxygen atoms in total. The highest BCUT2D eigenvalue weighted by Gasteiger charge is 2.14. The van der Waals surface area contributed by atoms with Crippen LogP contribution in [-0.4, -0.2) is 6.54 Å². The third-order valence-electron chi connectivity index (χ3n) is 2.53. The second kappa shape index (κ2) is 7.39. The molecule has 1 unspecified atom stereocenters. The van der Waals surface area contributed by atoms with Gasteiger partial charge in [-0.2, -0.15) is 0 Å². The van der Waals surface area contributed by atoms with Crippen LogP contribution in [0.3, 0.4) is 0 Å². The summed E-state index contributed by atoms with van der Waals surface area (Å²) in [6, 6.07) is 6.37. The Labute approximate surface area is 123 Å². The normalized spacial score (nSPS) is 12.5. The van der Waals surface area contributed by atoms with E-state index in [9.17, 15) is 0 Å². The second-order valence-electron chi connectivity index (χ2n) is 4.33. The van der Waals surface area contributed by atoms with Crippen LogP contribution in [0.25, 0.3) is 0 Å². The summed E-state index contributed by atoms with van der Waals surface area (Å²) in [5.74, 6) is 0. The van der Waals surface area contributed by atoms with Gasteiger partial charge in [-0.3, -0.25) is 0 Å². The Morgan fingerprint density at radius 2 is 2.24 bits per heavy atom. The van der Waals surface area contributed by atoms with E-state index in [1.807, 2.05) is 6.07 Å². The lowest BCUT2D eigenvalue weighted by molar-refractivity contribution is 0.526. The van der Waals surface area contributed by atoms with Crippen LogP contribution >= 0.6 is 34.2 Å². The Morgan fingerprint density at radius 3 is 2.82 bits per heavy atom. The van der Waals surface area contributed by atoms with Crippen LogP contribution < -0.4 is 5.32 Å². The molecule has 94 valence electrons. The fourth-order valence-corrected chi connectivity index (χ4v) is 2.63. The summed E-state index contributed by atoms with van der Waals surface area (Å²) in [6.07, 6.45) is 2.08. The molecular formula is C14H19ClIN. The zero-order valence-corrected chi connectivity index (χ0v) is 13.3. The lowest BCUT2D eigenvalue weighted by atomic mass is 10.0. The van der Waals surface area contributed by atoms with Crippen molar-refractivity contribution >= 4 is 34.2 Å². The topological polar surface area (TPSA) is 12.0 Å². The molecule has 0 heterocycles. The van der Waals surface area contributed by atoms with Gasteiger partial charge in [0.25, 0.3) is 0 Å². The lowest BCUT2D eigenvalue weighted by Gasteiger charge is -2.20. The van der Waals surface area contributed by atoms with Crippen molar-refractivity contribution < 1.29 is 0 Å². The van der Waals surface area contributed by atoms with Gasteiger partial charge < -0.3 is 5.32 Å². The molecule has 0 aliphatic rings. The quantitative estimate of drug-likeness (QED) is 0.557.